The predicted octanol–water partition coefficient (Wildman–Crippen LogP) is 1.92. The van der Waals surface area contributed by atoms with Gasteiger partial charge in [-0.1, -0.05) is 24.8 Å². The molecule has 0 rings (SSSR count). The van der Waals surface area contributed by atoms with Crippen LogP contribution in [0.2, 0.25) is 0 Å². The van der Waals surface area contributed by atoms with Crippen molar-refractivity contribution in [2.24, 2.45) is 5.92 Å². The van der Waals surface area contributed by atoms with Gasteiger partial charge in [-0.25, -0.2) is 0 Å². The van der Waals surface area contributed by atoms with Crippen molar-refractivity contribution < 1.29 is 19.0 Å². The van der Waals surface area contributed by atoms with Crippen molar-refractivity contribution in [3.63, 3.8) is 0 Å². The molecule has 0 aromatic carbocycles. The Kier molecular flexibility index (Phi) is 8.48. The lowest BCUT2D eigenvalue weighted by molar-refractivity contribution is -0.145. The van der Waals surface area contributed by atoms with Gasteiger partial charge in [0.25, 0.3) is 0 Å². The molecule has 0 aliphatic heterocycles. The number of carbonyl (C=O) groups is 1. The molecule has 0 aromatic heterocycles. The van der Waals surface area contributed by atoms with Gasteiger partial charge in [0.05, 0.1) is 13.0 Å². The summed E-state index contributed by atoms with van der Waals surface area (Å²) in [5, 5.41) is 0. The summed E-state index contributed by atoms with van der Waals surface area (Å²) >= 11 is 0. The first-order valence-corrected chi connectivity index (χ1v) is 5.12. The second-order valence-corrected chi connectivity index (χ2v) is 3.23. The molecule has 0 heterocycles. The molecular formula is C12H20O4. The normalized spacial score (nSPS) is 13.0. The Bertz CT molecular complexity index is 231. The highest BCUT2D eigenvalue weighted by Crippen LogP contribution is 2.14. The van der Waals surface area contributed by atoms with E-state index in [1.165, 1.54) is 7.11 Å². The highest BCUT2D eigenvalue weighted by atomic mass is 16.7. The number of allylic oxidation sites excluding steroid dienone is 2. The van der Waals surface area contributed by atoms with E-state index in [4.69, 9.17) is 14.2 Å². The molecule has 0 aliphatic carbocycles. The van der Waals surface area contributed by atoms with Crippen LogP contribution in [0.25, 0.3) is 0 Å². The fourth-order valence-corrected chi connectivity index (χ4v) is 1.30. The minimum Gasteiger partial charge on any atom is -0.469 e. The molecule has 16 heavy (non-hydrogen) atoms. The Morgan fingerprint density at radius 1 is 1.25 bits per heavy atom. The maximum Gasteiger partial charge on any atom is 0.312 e. The zero-order valence-corrected chi connectivity index (χ0v) is 10.1. The summed E-state index contributed by atoms with van der Waals surface area (Å²) < 4.78 is 14.8. The number of rotatable bonds is 8. The van der Waals surface area contributed by atoms with E-state index in [-0.39, 0.29) is 18.2 Å². The molecule has 0 bridgehead atoms. The summed E-state index contributed by atoms with van der Waals surface area (Å²) in [6.07, 6.45) is 6.08. The van der Waals surface area contributed by atoms with Gasteiger partial charge in [-0.3, -0.25) is 4.79 Å². The van der Waals surface area contributed by atoms with Crippen molar-refractivity contribution in [1.29, 1.82) is 0 Å². The molecule has 0 N–H and O–H groups in total. The molecule has 0 spiro atoms. The van der Waals surface area contributed by atoms with Crippen LogP contribution in [0.4, 0.5) is 0 Å². The zero-order valence-electron chi connectivity index (χ0n) is 10.1. The van der Waals surface area contributed by atoms with Crippen LogP contribution in [-0.4, -0.2) is 33.6 Å². The molecule has 0 radical (unpaired) electrons. The van der Waals surface area contributed by atoms with Crippen molar-refractivity contribution in [2.45, 2.75) is 19.1 Å². The number of ether oxygens (including phenoxy) is 3. The first-order chi connectivity index (χ1) is 7.69. The summed E-state index contributed by atoms with van der Waals surface area (Å²) in [5.74, 6) is -0.542. The van der Waals surface area contributed by atoms with Gasteiger partial charge < -0.3 is 14.2 Å². The molecule has 4 nitrogen and oxygen atoms in total. The Hall–Kier alpha value is -1.13. The van der Waals surface area contributed by atoms with E-state index in [0.29, 0.717) is 12.8 Å². The lowest BCUT2D eigenvalue weighted by Crippen LogP contribution is -2.19. The van der Waals surface area contributed by atoms with E-state index in [2.05, 4.69) is 6.58 Å². The fourth-order valence-electron chi connectivity index (χ4n) is 1.30. The van der Waals surface area contributed by atoms with Crippen LogP contribution in [0.1, 0.15) is 12.8 Å². The zero-order chi connectivity index (χ0) is 12.4. The van der Waals surface area contributed by atoms with Crippen LogP contribution in [-0.2, 0) is 19.0 Å². The number of methoxy groups -OCH3 is 3. The molecule has 0 aliphatic rings. The number of hydrogen-bond acceptors (Lipinski definition) is 4. The third-order valence-corrected chi connectivity index (χ3v) is 2.22. The van der Waals surface area contributed by atoms with E-state index in [9.17, 15) is 4.79 Å². The second kappa shape index (κ2) is 9.12. The van der Waals surface area contributed by atoms with Crippen LogP contribution in [0, 0.1) is 5.92 Å². The highest BCUT2D eigenvalue weighted by Gasteiger charge is 2.17. The van der Waals surface area contributed by atoms with Gasteiger partial charge in [0.15, 0.2) is 6.29 Å². The molecular weight excluding hydrogens is 208 g/mol. The van der Waals surface area contributed by atoms with Gasteiger partial charge >= 0.3 is 5.97 Å². The topological polar surface area (TPSA) is 44.8 Å². The summed E-state index contributed by atoms with van der Waals surface area (Å²) in [6.45, 7) is 3.56. The Morgan fingerprint density at radius 3 is 2.31 bits per heavy atom. The van der Waals surface area contributed by atoms with E-state index >= 15 is 0 Å². The Labute approximate surface area is 96.9 Å². The van der Waals surface area contributed by atoms with Crippen LogP contribution in [0.5, 0.6) is 0 Å². The quantitative estimate of drug-likeness (QED) is 0.362. The van der Waals surface area contributed by atoms with Gasteiger partial charge in [-0.05, 0) is 12.8 Å². The Morgan fingerprint density at radius 2 is 1.88 bits per heavy atom. The van der Waals surface area contributed by atoms with Gasteiger partial charge in [0.2, 0.25) is 0 Å². The fraction of sp³-hybridized carbons (Fsp3) is 0.583. The van der Waals surface area contributed by atoms with E-state index < -0.39 is 0 Å². The number of hydrogen-bond donors (Lipinski definition) is 0. The first kappa shape index (κ1) is 14.9. The van der Waals surface area contributed by atoms with Crippen molar-refractivity contribution in [3.05, 3.63) is 24.8 Å². The molecule has 0 fully saturated rings. The third kappa shape index (κ3) is 5.68. The predicted molar refractivity (Wildman–Crippen MR) is 61.9 cm³/mol. The molecule has 0 saturated heterocycles. The maximum absolute atomic E-state index is 11.4. The van der Waals surface area contributed by atoms with Gasteiger partial charge in [-0.2, -0.15) is 0 Å². The van der Waals surface area contributed by atoms with Crippen LogP contribution < -0.4 is 0 Å². The minimum atomic E-state index is -0.288. The standard InChI is InChI=1S/C12H20O4/c1-5-6-7-10(12(13)16-4)8-9-11(14-2)15-3/h5-7,10-11H,1,8-9H2,2-4H3/b7-6+. The molecule has 92 valence electrons. The monoisotopic (exact) mass is 228 g/mol. The SMILES string of the molecule is C=C/C=C/C(CCC(OC)OC)C(=O)OC. The molecule has 1 unspecified atom stereocenters. The van der Waals surface area contributed by atoms with Gasteiger partial charge in [-0.15, -0.1) is 0 Å². The number of esters is 1. The molecule has 0 saturated carbocycles. The average molecular weight is 228 g/mol. The Balaban J connectivity index is 4.25. The first-order valence-electron chi connectivity index (χ1n) is 5.12. The van der Waals surface area contributed by atoms with E-state index in [1.807, 2.05) is 0 Å². The maximum atomic E-state index is 11.4. The average Bonchev–Trinajstić information content (AvgIpc) is 2.33. The lowest BCUT2D eigenvalue weighted by atomic mass is 10.0. The second-order valence-electron chi connectivity index (χ2n) is 3.23. The molecule has 0 aromatic rings. The molecule has 1 atom stereocenters. The van der Waals surface area contributed by atoms with Crippen molar-refractivity contribution in [3.8, 4) is 0 Å². The summed E-state index contributed by atoms with van der Waals surface area (Å²) in [6, 6.07) is 0. The van der Waals surface area contributed by atoms with Crippen molar-refractivity contribution in [2.75, 3.05) is 21.3 Å². The highest BCUT2D eigenvalue weighted by molar-refractivity contribution is 5.74. The van der Waals surface area contributed by atoms with Gasteiger partial charge in [0, 0.05) is 14.2 Å². The van der Waals surface area contributed by atoms with Crippen molar-refractivity contribution >= 4 is 5.97 Å². The smallest absolute Gasteiger partial charge is 0.312 e. The van der Waals surface area contributed by atoms with E-state index in [1.54, 1.807) is 32.4 Å². The lowest BCUT2D eigenvalue weighted by Gasteiger charge is -2.15. The third-order valence-electron chi connectivity index (χ3n) is 2.22. The summed E-state index contributed by atoms with van der Waals surface area (Å²) in [4.78, 5) is 11.4. The largest absolute Gasteiger partial charge is 0.469 e. The number of carbonyl (C=O) groups excluding carboxylic acids is 1. The molecule has 0 amide bonds. The minimum absolute atomic E-state index is 0.260. The summed E-state index contributed by atoms with van der Waals surface area (Å²) in [5.41, 5.74) is 0. The summed E-state index contributed by atoms with van der Waals surface area (Å²) in [7, 11) is 4.52. The molecule has 4 heteroatoms. The van der Waals surface area contributed by atoms with Gasteiger partial charge in [0.1, 0.15) is 0 Å². The van der Waals surface area contributed by atoms with Crippen LogP contribution in [0.15, 0.2) is 24.8 Å². The van der Waals surface area contributed by atoms with Crippen LogP contribution in [0.3, 0.4) is 0 Å². The van der Waals surface area contributed by atoms with Crippen molar-refractivity contribution in [1.82, 2.24) is 0 Å². The van der Waals surface area contributed by atoms with E-state index in [0.717, 1.165) is 0 Å². The van der Waals surface area contributed by atoms with Crippen LogP contribution >= 0.6 is 0 Å².